The van der Waals surface area contributed by atoms with E-state index in [1.165, 1.54) is 3.97 Å². The van der Waals surface area contributed by atoms with Gasteiger partial charge in [-0.05, 0) is 49.4 Å². The first kappa shape index (κ1) is 21.2. The molecule has 5 rings (SSSR count). The zero-order chi connectivity index (χ0) is 23.3. The molecule has 0 unspecified atom stereocenters. The van der Waals surface area contributed by atoms with Crippen molar-refractivity contribution in [3.63, 3.8) is 0 Å². The molecule has 0 amide bonds. The van der Waals surface area contributed by atoms with Gasteiger partial charge in [0.25, 0.3) is 10.0 Å². The maximum atomic E-state index is 13.3. The molecule has 0 aliphatic carbocycles. The summed E-state index contributed by atoms with van der Waals surface area (Å²) < 4.78 is 35.2. The minimum atomic E-state index is -3.79. The molecule has 0 bridgehead atoms. The van der Waals surface area contributed by atoms with Crippen LogP contribution in [0, 0.1) is 6.92 Å². The Morgan fingerprint density at radius 3 is 2.27 bits per heavy atom. The first-order valence-electron chi connectivity index (χ1n) is 10.7. The van der Waals surface area contributed by atoms with Gasteiger partial charge in [-0.25, -0.2) is 22.4 Å². The molecule has 0 aliphatic rings. The Kier molecular flexibility index (Phi) is 4.97. The third-order valence-electron chi connectivity index (χ3n) is 5.75. The zero-order valence-electron chi connectivity index (χ0n) is 18.9. The minimum absolute atomic E-state index is 0.118. The SMILES string of the molecule is COc1ccc(-c2nc(C(C)C)n3c2cnc2c3ccn2S(=O)(=O)c2ccc(C)cc2)cc1. The number of benzene rings is 2. The molecule has 3 aromatic heterocycles. The fraction of sp³-hybridized carbons (Fsp3) is 0.200. The summed E-state index contributed by atoms with van der Waals surface area (Å²) in [6, 6.07) is 16.3. The fourth-order valence-electron chi connectivity index (χ4n) is 4.01. The second-order valence-electron chi connectivity index (χ2n) is 8.32. The average Bonchev–Trinajstić information content (AvgIpc) is 3.41. The van der Waals surface area contributed by atoms with E-state index in [1.54, 1.807) is 49.8 Å². The molecule has 0 saturated carbocycles. The first-order chi connectivity index (χ1) is 15.8. The van der Waals surface area contributed by atoms with E-state index in [0.29, 0.717) is 11.2 Å². The Hall–Kier alpha value is -3.65. The number of imidazole rings is 1. The van der Waals surface area contributed by atoms with Crippen LogP contribution < -0.4 is 4.74 Å². The van der Waals surface area contributed by atoms with Crippen LogP contribution in [0.15, 0.2) is 71.9 Å². The fourth-order valence-corrected chi connectivity index (χ4v) is 5.30. The highest BCUT2D eigenvalue weighted by Gasteiger charge is 2.23. The lowest BCUT2D eigenvalue weighted by Crippen LogP contribution is -2.12. The predicted octanol–water partition coefficient (Wildman–Crippen LogP) is 5.03. The smallest absolute Gasteiger partial charge is 0.269 e. The van der Waals surface area contributed by atoms with Crippen molar-refractivity contribution in [3.8, 4) is 17.0 Å². The molecule has 5 aromatic rings. The van der Waals surface area contributed by atoms with Crippen LogP contribution in [0.5, 0.6) is 5.75 Å². The quantitative estimate of drug-likeness (QED) is 0.368. The summed E-state index contributed by atoms with van der Waals surface area (Å²) in [5.74, 6) is 1.73. The van der Waals surface area contributed by atoms with E-state index < -0.39 is 10.0 Å². The standard InChI is InChI=1S/C25H24N4O3S/c1-16(2)24-27-23(18-7-9-19(32-4)10-8-18)22-15-26-25-21(29(22)24)13-14-28(25)33(30,31)20-11-5-17(3)6-12-20/h5-16H,1-4H3. The maximum Gasteiger partial charge on any atom is 0.269 e. The number of aromatic nitrogens is 4. The summed E-state index contributed by atoms with van der Waals surface area (Å²) in [6.07, 6.45) is 3.26. The second-order valence-corrected chi connectivity index (χ2v) is 10.1. The first-order valence-corrected chi connectivity index (χ1v) is 12.1. The maximum absolute atomic E-state index is 13.3. The highest BCUT2D eigenvalue weighted by atomic mass is 32.2. The van der Waals surface area contributed by atoms with Crippen LogP contribution in [-0.4, -0.2) is 33.9 Å². The molecule has 8 heteroatoms. The molecule has 0 fully saturated rings. The van der Waals surface area contributed by atoms with Gasteiger partial charge in [-0.3, -0.25) is 4.40 Å². The lowest BCUT2D eigenvalue weighted by Gasteiger charge is -2.09. The van der Waals surface area contributed by atoms with Gasteiger partial charge in [-0.15, -0.1) is 0 Å². The van der Waals surface area contributed by atoms with Crippen LogP contribution in [-0.2, 0) is 10.0 Å². The van der Waals surface area contributed by atoms with Gasteiger partial charge in [-0.2, -0.15) is 0 Å². The molecular weight excluding hydrogens is 436 g/mol. The number of aryl methyl sites for hydroxylation is 1. The molecule has 0 aliphatic heterocycles. The topological polar surface area (TPSA) is 78.5 Å². The number of fused-ring (bicyclic) bond motifs is 3. The average molecular weight is 461 g/mol. The van der Waals surface area contributed by atoms with Crippen molar-refractivity contribution in [2.45, 2.75) is 31.6 Å². The van der Waals surface area contributed by atoms with Crippen molar-refractivity contribution in [1.82, 2.24) is 18.3 Å². The van der Waals surface area contributed by atoms with Gasteiger partial charge in [0.15, 0.2) is 5.65 Å². The number of methoxy groups -OCH3 is 1. The lowest BCUT2D eigenvalue weighted by molar-refractivity contribution is 0.415. The molecule has 168 valence electrons. The van der Waals surface area contributed by atoms with Crippen molar-refractivity contribution in [3.05, 3.63) is 78.4 Å². The summed E-state index contributed by atoms with van der Waals surface area (Å²) in [4.78, 5) is 9.72. The zero-order valence-corrected chi connectivity index (χ0v) is 19.7. The largest absolute Gasteiger partial charge is 0.497 e. The molecule has 3 heterocycles. The molecule has 0 atom stereocenters. The van der Waals surface area contributed by atoms with Crippen LogP contribution in [0.25, 0.3) is 27.9 Å². The third-order valence-corrected chi connectivity index (χ3v) is 7.43. The van der Waals surface area contributed by atoms with E-state index in [9.17, 15) is 8.42 Å². The number of hydrogen-bond donors (Lipinski definition) is 0. The third kappa shape index (κ3) is 3.38. The summed E-state index contributed by atoms with van der Waals surface area (Å²) in [5.41, 5.74) is 4.61. The van der Waals surface area contributed by atoms with Crippen molar-refractivity contribution in [1.29, 1.82) is 0 Å². The Labute approximate surface area is 192 Å². The van der Waals surface area contributed by atoms with Gasteiger partial charge in [0, 0.05) is 17.7 Å². The van der Waals surface area contributed by atoms with Crippen molar-refractivity contribution < 1.29 is 13.2 Å². The summed E-state index contributed by atoms with van der Waals surface area (Å²) in [7, 11) is -2.15. The van der Waals surface area contributed by atoms with E-state index >= 15 is 0 Å². The Balaban J connectivity index is 1.74. The molecular formula is C25H24N4O3S. The van der Waals surface area contributed by atoms with Crippen molar-refractivity contribution >= 4 is 26.7 Å². The Morgan fingerprint density at radius 1 is 0.939 bits per heavy atom. The Morgan fingerprint density at radius 2 is 1.64 bits per heavy atom. The van der Waals surface area contributed by atoms with E-state index in [2.05, 4.69) is 18.8 Å². The Bertz CT molecular complexity index is 1580. The normalized spacial score (nSPS) is 12.2. The van der Waals surface area contributed by atoms with Gasteiger partial charge in [0.1, 0.15) is 11.6 Å². The lowest BCUT2D eigenvalue weighted by atomic mass is 10.1. The van der Waals surface area contributed by atoms with Gasteiger partial charge in [-0.1, -0.05) is 31.5 Å². The van der Waals surface area contributed by atoms with Crippen molar-refractivity contribution in [2.24, 2.45) is 0 Å². The highest BCUT2D eigenvalue weighted by Crippen LogP contribution is 2.32. The summed E-state index contributed by atoms with van der Waals surface area (Å²) in [5, 5.41) is 0. The summed E-state index contributed by atoms with van der Waals surface area (Å²) in [6.45, 7) is 6.06. The molecule has 0 N–H and O–H groups in total. The van der Waals surface area contributed by atoms with E-state index in [-0.39, 0.29) is 10.8 Å². The van der Waals surface area contributed by atoms with E-state index in [4.69, 9.17) is 9.72 Å². The monoisotopic (exact) mass is 460 g/mol. The van der Waals surface area contributed by atoms with Gasteiger partial charge >= 0.3 is 0 Å². The molecule has 0 radical (unpaired) electrons. The molecule has 0 saturated heterocycles. The predicted molar refractivity (Wildman–Crippen MR) is 128 cm³/mol. The number of rotatable bonds is 5. The number of hydrogen-bond acceptors (Lipinski definition) is 5. The number of ether oxygens (including phenoxy) is 1. The molecule has 2 aromatic carbocycles. The van der Waals surface area contributed by atoms with Crippen LogP contribution in [0.1, 0.15) is 31.2 Å². The summed E-state index contributed by atoms with van der Waals surface area (Å²) >= 11 is 0. The van der Waals surface area contributed by atoms with Gasteiger partial charge < -0.3 is 4.74 Å². The van der Waals surface area contributed by atoms with Crippen LogP contribution >= 0.6 is 0 Å². The van der Waals surface area contributed by atoms with Crippen LogP contribution in [0.4, 0.5) is 0 Å². The second kappa shape index (κ2) is 7.74. The van der Waals surface area contributed by atoms with Crippen LogP contribution in [0.2, 0.25) is 0 Å². The highest BCUT2D eigenvalue weighted by molar-refractivity contribution is 7.90. The van der Waals surface area contributed by atoms with Crippen molar-refractivity contribution in [2.75, 3.05) is 7.11 Å². The van der Waals surface area contributed by atoms with Gasteiger partial charge in [0.2, 0.25) is 0 Å². The minimum Gasteiger partial charge on any atom is -0.497 e. The molecule has 33 heavy (non-hydrogen) atoms. The van der Waals surface area contributed by atoms with Crippen LogP contribution in [0.3, 0.4) is 0 Å². The number of nitrogens with zero attached hydrogens (tertiary/aromatic N) is 4. The van der Waals surface area contributed by atoms with E-state index in [1.807, 2.05) is 35.6 Å². The van der Waals surface area contributed by atoms with Gasteiger partial charge in [0.05, 0.1) is 34.9 Å². The molecule has 7 nitrogen and oxygen atoms in total. The molecule has 0 spiro atoms. The van der Waals surface area contributed by atoms with E-state index in [0.717, 1.165) is 33.9 Å².